The molecule has 0 aromatic heterocycles. The Morgan fingerprint density at radius 3 is 1.79 bits per heavy atom. The van der Waals surface area contributed by atoms with Crippen molar-refractivity contribution in [3.8, 4) is 0 Å². The molecule has 0 atom stereocenters. The second-order valence-electron chi connectivity index (χ2n) is 5.57. The number of hydrogen-bond donors (Lipinski definition) is 2. The average Bonchev–Trinajstić information content (AvgIpc) is 2.52. The summed E-state index contributed by atoms with van der Waals surface area (Å²) < 4.78 is 21.1. The van der Waals surface area contributed by atoms with Crippen LogP contribution in [0.15, 0.2) is 0 Å². The van der Waals surface area contributed by atoms with Crippen molar-refractivity contribution in [2.45, 2.75) is 20.8 Å². The Kier molecular flexibility index (Phi) is 15.8. The summed E-state index contributed by atoms with van der Waals surface area (Å²) in [5.41, 5.74) is 0. The van der Waals surface area contributed by atoms with Gasteiger partial charge in [-0.05, 0) is 5.92 Å². The van der Waals surface area contributed by atoms with E-state index < -0.39 is 0 Å². The molecule has 8 heteroatoms. The topological polar surface area (TPSA) is 95.1 Å². The highest BCUT2D eigenvalue weighted by Crippen LogP contribution is 1.87. The van der Waals surface area contributed by atoms with Gasteiger partial charge in [-0.1, -0.05) is 13.8 Å². The number of rotatable bonds is 16. The molecular weight excluding hydrogens is 316 g/mol. The maximum atomic E-state index is 11.4. The first-order valence-electron chi connectivity index (χ1n) is 8.34. The van der Waals surface area contributed by atoms with Gasteiger partial charge in [0.05, 0.1) is 46.2 Å². The number of amides is 2. The zero-order valence-electron chi connectivity index (χ0n) is 15.1. The summed E-state index contributed by atoms with van der Waals surface area (Å²) in [5.74, 6) is 0.262. The number of carbonyl (C=O) groups is 2. The van der Waals surface area contributed by atoms with E-state index >= 15 is 0 Å². The van der Waals surface area contributed by atoms with Crippen LogP contribution in [0.4, 0.5) is 0 Å². The van der Waals surface area contributed by atoms with Crippen LogP contribution in [0.5, 0.6) is 0 Å². The summed E-state index contributed by atoms with van der Waals surface area (Å²) in [6.07, 6.45) is 0. The third-order valence-electron chi connectivity index (χ3n) is 2.68. The molecule has 2 N–H and O–H groups in total. The molecule has 0 radical (unpaired) electrons. The molecule has 0 saturated carbocycles. The molecule has 0 saturated heterocycles. The molecule has 0 aromatic rings. The maximum Gasteiger partial charge on any atom is 0.246 e. The number of carbonyl (C=O) groups excluding carboxylic acids is 2. The molecule has 0 spiro atoms. The van der Waals surface area contributed by atoms with Crippen LogP contribution in [0.3, 0.4) is 0 Å². The molecule has 24 heavy (non-hydrogen) atoms. The van der Waals surface area contributed by atoms with Gasteiger partial charge in [0.1, 0.15) is 6.61 Å². The largest absolute Gasteiger partial charge is 0.377 e. The van der Waals surface area contributed by atoms with Crippen LogP contribution in [0, 0.1) is 5.92 Å². The summed E-state index contributed by atoms with van der Waals surface area (Å²) in [4.78, 5) is 22.0. The number of hydrogen-bond acceptors (Lipinski definition) is 6. The fourth-order valence-corrected chi connectivity index (χ4v) is 1.49. The van der Waals surface area contributed by atoms with Gasteiger partial charge in [0.2, 0.25) is 11.8 Å². The van der Waals surface area contributed by atoms with E-state index in [9.17, 15) is 9.59 Å². The molecule has 0 rings (SSSR count). The monoisotopic (exact) mass is 348 g/mol. The lowest BCUT2D eigenvalue weighted by Gasteiger charge is -2.09. The van der Waals surface area contributed by atoms with Crippen molar-refractivity contribution in [3.63, 3.8) is 0 Å². The fourth-order valence-electron chi connectivity index (χ4n) is 1.49. The summed E-state index contributed by atoms with van der Waals surface area (Å²) in [5, 5.41) is 5.41. The highest BCUT2D eigenvalue weighted by molar-refractivity contribution is 5.77. The molecule has 0 fully saturated rings. The molecule has 0 unspecified atom stereocenters. The minimum absolute atomic E-state index is 0.0579. The molecule has 0 aliphatic carbocycles. The summed E-state index contributed by atoms with van der Waals surface area (Å²) in [7, 11) is 0. The summed E-state index contributed by atoms with van der Waals surface area (Å²) in [6, 6.07) is 0. The third kappa shape index (κ3) is 18.8. The van der Waals surface area contributed by atoms with Gasteiger partial charge in [0.15, 0.2) is 0 Å². The Morgan fingerprint density at radius 2 is 1.29 bits per heavy atom. The molecule has 0 bridgehead atoms. The number of nitrogens with one attached hydrogen (secondary N) is 2. The quantitative estimate of drug-likeness (QED) is 0.380. The minimum Gasteiger partial charge on any atom is -0.377 e. The van der Waals surface area contributed by atoms with Gasteiger partial charge in [-0.3, -0.25) is 9.59 Å². The first kappa shape index (κ1) is 22.8. The second kappa shape index (κ2) is 16.6. The predicted molar refractivity (Wildman–Crippen MR) is 89.8 cm³/mol. The van der Waals surface area contributed by atoms with E-state index in [1.165, 1.54) is 6.92 Å². The Labute approximate surface area is 144 Å². The van der Waals surface area contributed by atoms with E-state index in [0.29, 0.717) is 65.3 Å². The molecular formula is C16H32N2O6. The smallest absolute Gasteiger partial charge is 0.246 e. The van der Waals surface area contributed by atoms with Gasteiger partial charge >= 0.3 is 0 Å². The third-order valence-corrected chi connectivity index (χ3v) is 2.68. The highest BCUT2D eigenvalue weighted by Gasteiger charge is 2.01. The Hall–Kier alpha value is -1.22. The highest BCUT2D eigenvalue weighted by atomic mass is 16.6. The van der Waals surface area contributed by atoms with Gasteiger partial charge in [-0.2, -0.15) is 0 Å². The summed E-state index contributed by atoms with van der Waals surface area (Å²) >= 11 is 0. The Balaban J connectivity index is 3.12. The van der Waals surface area contributed by atoms with Crippen molar-refractivity contribution in [2.75, 3.05) is 65.9 Å². The predicted octanol–water partition coefficient (Wildman–Crippen LogP) is -0.0389. The van der Waals surface area contributed by atoms with Crippen LogP contribution in [0.1, 0.15) is 20.8 Å². The van der Waals surface area contributed by atoms with Crippen LogP contribution in [0.2, 0.25) is 0 Å². The first-order chi connectivity index (χ1) is 11.5. The van der Waals surface area contributed by atoms with E-state index in [2.05, 4.69) is 10.6 Å². The van der Waals surface area contributed by atoms with Crippen LogP contribution in [0.25, 0.3) is 0 Å². The van der Waals surface area contributed by atoms with Gasteiger partial charge in [-0.15, -0.1) is 0 Å². The Morgan fingerprint density at radius 1 is 0.792 bits per heavy atom. The number of ether oxygens (including phenoxy) is 4. The second-order valence-corrected chi connectivity index (χ2v) is 5.57. The van der Waals surface area contributed by atoms with Gasteiger partial charge < -0.3 is 29.6 Å². The molecule has 142 valence electrons. The van der Waals surface area contributed by atoms with E-state index in [0.717, 1.165) is 0 Å². The normalized spacial score (nSPS) is 10.8. The van der Waals surface area contributed by atoms with Crippen LogP contribution >= 0.6 is 0 Å². The first-order valence-corrected chi connectivity index (χ1v) is 8.34. The molecule has 0 heterocycles. The van der Waals surface area contributed by atoms with Gasteiger partial charge in [0, 0.05) is 20.0 Å². The van der Waals surface area contributed by atoms with Gasteiger partial charge in [0.25, 0.3) is 0 Å². The maximum absolute atomic E-state index is 11.4. The SMILES string of the molecule is CC(=O)NCCOCCOCCOCCOCC(=O)NCC(C)C. The lowest BCUT2D eigenvalue weighted by Crippen LogP contribution is -2.31. The zero-order valence-corrected chi connectivity index (χ0v) is 15.1. The van der Waals surface area contributed by atoms with Crippen LogP contribution < -0.4 is 10.6 Å². The summed E-state index contributed by atoms with van der Waals surface area (Å²) in [6.45, 7) is 9.95. The standard InChI is InChI=1S/C16H32N2O6/c1-14(2)12-18-16(20)13-24-11-10-23-9-8-22-7-6-21-5-4-17-15(3)19/h14H,4-13H2,1-3H3,(H,17,19)(H,18,20). The molecule has 0 aliphatic rings. The van der Waals surface area contributed by atoms with E-state index in [1.54, 1.807) is 0 Å². The van der Waals surface area contributed by atoms with Crippen LogP contribution in [-0.2, 0) is 28.5 Å². The van der Waals surface area contributed by atoms with Crippen LogP contribution in [-0.4, -0.2) is 77.8 Å². The lowest BCUT2D eigenvalue weighted by molar-refractivity contribution is -0.126. The minimum atomic E-state index is -0.106. The molecule has 0 aliphatic heterocycles. The van der Waals surface area contributed by atoms with E-state index in [4.69, 9.17) is 18.9 Å². The van der Waals surface area contributed by atoms with Crippen molar-refractivity contribution in [1.29, 1.82) is 0 Å². The molecule has 8 nitrogen and oxygen atoms in total. The zero-order chi connectivity index (χ0) is 18.0. The average molecular weight is 348 g/mol. The van der Waals surface area contributed by atoms with E-state index in [1.807, 2.05) is 13.8 Å². The van der Waals surface area contributed by atoms with E-state index in [-0.39, 0.29) is 18.4 Å². The van der Waals surface area contributed by atoms with Crippen molar-refractivity contribution in [3.05, 3.63) is 0 Å². The Bertz CT molecular complexity index is 326. The van der Waals surface area contributed by atoms with Crippen molar-refractivity contribution >= 4 is 11.8 Å². The lowest BCUT2D eigenvalue weighted by atomic mass is 10.2. The fraction of sp³-hybridized carbons (Fsp3) is 0.875. The van der Waals surface area contributed by atoms with Gasteiger partial charge in [-0.25, -0.2) is 0 Å². The van der Waals surface area contributed by atoms with Crippen molar-refractivity contribution in [2.24, 2.45) is 5.92 Å². The van der Waals surface area contributed by atoms with Crippen molar-refractivity contribution in [1.82, 2.24) is 10.6 Å². The molecule has 2 amide bonds. The van der Waals surface area contributed by atoms with Crippen molar-refractivity contribution < 1.29 is 28.5 Å². The molecule has 0 aromatic carbocycles.